The van der Waals surface area contributed by atoms with Crippen LogP contribution in [0.4, 0.5) is 5.13 Å². The van der Waals surface area contributed by atoms with Crippen LogP contribution in [0.5, 0.6) is 0 Å². The van der Waals surface area contributed by atoms with Gasteiger partial charge in [0.15, 0.2) is 10.8 Å². The Balaban J connectivity index is 1.78. The highest BCUT2D eigenvalue weighted by Gasteiger charge is 2.24. The number of rotatable bonds is 5. The molecule has 28 heavy (non-hydrogen) atoms. The standard InChI is InChI=1S/C20H18ClN5OS/c1-3-25-11-9-16(24-25)19(27)26(12-14-6-4-5-10-22-14)20-23-18-13(2)15(21)7-8-17(18)28-20/h4-11H,3,12H2,1-2H3. The third kappa shape index (κ3) is 3.50. The Morgan fingerprint density at radius 3 is 2.82 bits per heavy atom. The van der Waals surface area contributed by atoms with Crippen molar-refractivity contribution in [3.05, 3.63) is 70.8 Å². The minimum atomic E-state index is -0.208. The zero-order valence-electron chi connectivity index (χ0n) is 15.5. The van der Waals surface area contributed by atoms with Crippen molar-refractivity contribution in [3.63, 3.8) is 0 Å². The molecule has 0 N–H and O–H groups in total. The summed E-state index contributed by atoms with van der Waals surface area (Å²) in [7, 11) is 0. The van der Waals surface area contributed by atoms with Gasteiger partial charge in [-0.15, -0.1) is 0 Å². The average molecular weight is 412 g/mol. The van der Waals surface area contributed by atoms with Crippen LogP contribution < -0.4 is 4.90 Å². The normalized spacial score (nSPS) is 11.1. The quantitative estimate of drug-likeness (QED) is 0.476. The van der Waals surface area contributed by atoms with Gasteiger partial charge in [-0.3, -0.25) is 19.4 Å². The van der Waals surface area contributed by atoms with Crippen molar-refractivity contribution >= 4 is 44.2 Å². The number of hydrogen-bond donors (Lipinski definition) is 0. The number of amides is 1. The van der Waals surface area contributed by atoms with E-state index in [4.69, 9.17) is 16.6 Å². The second-order valence-corrected chi connectivity index (χ2v) is 7.70. The van der Waals surface area contributed by atoms with Crippen LogP contribution in [0, 0.1) is 6.92 Å². The van der Waals surface area contributed by atoms with Crippen molar-refractivity contribution in [1.82, 2.24) is 19.7 Å². The maximum absolute atomic E-state index is 13.3. The summed E-state index contributed by atoms with van der Waals surface area (Å²) in [6.07, 6.45) is 3.51. The predicted molar refractivity (Wildman–Crippen MR) is 112 cm³/mol. The second kappa shape index (κ2) is 7.69. The van der Waals surface area contributed by atoms with Crippen molar-refractivity contribution in [1.29, 1.82) is 0 Å². The minimum Gasteiger partial charge on any atom is -0.276 e. The fourth-order valence-electron chi connectivity index (χ4n) is 2.87. The molecule has 0 saturated carbocycles. The Morgan fingerprint density at radius 2 is 2.11 bits per heavy atom. The fraction of sp³-hybridized carbons (Fsp3) is 0.200. The second-order valence-electron chi connectivity index (χ2n) is 6.28. The summed E-state index contributed by atoms with van der Waals surface area (Å²) < 4.78 is 2.71. The number of halogens is 1. The molecule has 3 aromatic heterocycles. The lowest BCUT2D eigenvalue weighted by atomic mass is 10.2. The van der Waals surface area contributed by atoms with Crippen molar-refractivity contribution in [3.8, 4) is 0 Å². The first-order valence-electron chi connectivity index (χ1n) is 8.87. The molecule has 0 radical (unpaired) electrons. The lowest BCUT2D eigenvalue weighted by Gasteiger charge is -2.18. The molecule has 0 aliphatic heterocycles. The van der Waals surface area contributed by atoms with Crippen LogP contribution in [0.2, 0.25) is 5.02 Å². The lowest BCUT2D eigenvalue weighted by Crippen LogP contribution is -2.31. The highest BCUT2D eigenvalue weighted by molar-refractivity contribution is 7.22. The first kappa shape index (κ1) is 18.6. The van der Waals surface area contributed by atoms with E-state index in [1.165, 1.54) is 11.3 Å². The molecule has 0 saturated heterocycles. The molecule has 1 amide bonds. The zero-order valence-corrected chi connectivity index (χ0v) is 17.0. The van der Waals surface area contributed by atoms with Crippen LogP contribution in [0.3, 0.4) is 0 Å². The molecule has 4 rings (SSSR count). The first-order chi connectivity index (χ1) is 13.6. The summed E-state index contributed by atoms with van der Waals surface area (Å²) in [6.45, 7) is 4.92. The summed E-state index contributed by atoms with van der Waals surface area (Å²) in [5.74, 6) is -0.208. The van der Waals surface area contributed by atoms with E-state index in [0.29, 0.717) is 28.9 Å². The number of hydrogen-bond acceptors (Lipinski definition) is 5. The highest BCUT2D eigenvalue weighted by atomic mass is 35.5. The van der Waals surface area contributed by atoms with Gasteiger partial charge in [0.05, 0.1) is 22.5 Å². The van der Waals surface area contributed by atoms with Gasteiger partial charge in [-0.05, 0) is 49.7 Å². The number of carbonyl (C=O) groups excluding carboxylic acids is 1. The number of thiazole rings is 1. The Kier molecular flexibility index (Phi) is 5.11. The molecule has 4 aromatic rings. The number of aryl methyl sites for hydroxylation is 2. The van der Waals surface area contributed by atoms with Gasteiger partial charge in [-0.1, -0.05) is 29.0 Å². The van der Waals surface area contributed by atoms with Crippen molar-refractivity contribution in [2.45, 2.75) is 26.9 Å². The van der Waals surface area contributed by atoms with Crippen LogP contribution >= 0.6 is 22.9 Å². The molecule has 0 bridgehead atoms. The van der Waals surface area contributed by atoms with Gasteiger partial charge in [0.2, 0.25) is 0 Å². The van der Waals surface area contributed by atoms with E-state index in [-0.39, 0.29) is 5.91 Å². The number of carbonyl (C=O) groups is 1. The van der Waals surface area contributed by atoms with Gasteiger partial charge in [-0.2, -0.15) is 5.10 Å². The Morgan fingerprint density at radius 1 is 1.25 bits per heavy atom. The van der Waals surface area contributed by atoms with Crippen LogP contribution in [-0.2, 0) is 13.1 Å². The highest BCUT2D eigenvalue weighted by Crippen LogP contribution is 2.34. The third-order valence-corrected chi connectivity index (χ3v) is 5.90. The van der Waals surface area contributed by atoms with Crippen molar-refractivity contribution < 1.29 is 4.79 Å². The Hall–Kier alpha value is -2.77. The predicted octanol–water partition coefficient (Wildman–Crippen LogP) is 4.72. The molecule has 0 spiro atoms. The van der Waals surface area contributed by atoms with Gasteiger partial charge in [0.1, 0.15) is 0 Å². The van der Waals surface area contributed by atoms with Crippen LogP contribution in [0.25, 0.3) is 10.2 Å². The molecule has 8 heteroatoms. The number of benzene rings is 1. The molecule has 1 aromatic carbocycles. The van der Waals surface area contributed by atoms with Crippen LogP contribution in [0.15, 0.2) is 48.8 Å². The summed E-state index contributed by atoms with van der Waals surface area (Å²) in [5.41, 5.74) is 2.87. The molecule has 142 valence electrons. The number of anilines is 1. The van der Waals surface area contributed by atoms with E-state index in [0.717, 1.165) is 21.5 Å². The topological polar surface area (TPSA) is 63.9 Å². The summed E-state index contributed by atoms with van der Waals surface area (Å²) in [6, 6.07) is 11.2. The van der Waals surface area contributed by atoms with Crippen LogP contribution in [-0.4, -0.2) is 25.7 Å². The van der Waals surface area contributed by atoms with Gasteiger partial charge in [0, 0.05) is 24.0 Å². The maximum atomic E-state index is 13.3. The van der Waals surface area contributed by atoms with E-state index in [1.807, 2.05) is 44.2 Å². The van der Waals surface area contributed by atoms with Crippen molar-refractivity contribution in [2.75, 3.05) is 4.90 Å². The Bertz CT molecular complexity index is 1140. The van der Waals surface area contributed by atoms with E-state index >= 15 is 0 Å². The van der Waals surface area contributed by atoms with E-state index in [9.17, 15) is 4.79 Å². The summed E-state index contributed by atoms with van der Waals surface area (Å²) in [5, 5.41) is 5.62. The third-order valence-electron chi connectivity index (χ3n) is 4.44. The van der Waals surface area contributed by atoms with E-state index in [2.05, 4.69) is 10.1 Å². The number of pyridine rings is 1. The van der Waals surface area contributed by atoms with Gasteiger partial charge >= 0.3 is 0 Å². The first-order valence-corrected chi connectivity index (χ1v) is 10.1. The molecule has 3 heterocycles. The largest absolute Gasteiger partial charge is 0.280 e. The van der Waals surface area contributed by atoms with Gasteiger partial charge < -0.3 is 0 Å². The molecule has 0 unspecified atom stereocenters. The molecular formula is C20H18ClN5OS. The summed E-state index contributed by atoms with van der Waals surface area (Å²) in [4.78, 5) is 24.0. The smallest absolute Gasteiger partial charge is 0.276 e. The van der Waals surface area contributed by atoms with Crippen LogP contribution in [0.1, 0.15) is 28.7 Å². The summed E-state index contributed by atoms with van der Waals surface area (Å²) >= 11 is 7.70. The number of aromatic nitrogens is 4. The lowest BCUT2D eigenvalue weighted by molar-refractivity contribution is 0.0979. The maximum Gasteiger partial charge on any atom is 0.280 e. The molecule has 0 atom stereocenters. The van der Waals surface area contributed by atoms with Gasteiger partial charge in [-0.25, -0.2) is 4.98 Å². The van der Waals surface area contributed by atoms with Crippen molar-refractivity contribution in [2.24, 2.45) is 0 Å². The van der Waals surface area contributed by atoms with E-state index < -0.39 is 0 Å². The van der Waals surface area contributed by atoms with E-state index in [1.54, 1.807) is 28.0 Å². The minimum absolute atomic E-state index is 0.208. The Labute approximate surface area is 171 Å². The zero-order chi connectivity index (χ0) is 19.7. The number of fused-ring (bicyclic) bond motifs is 1. The molecule has 0 fully saturated rings. The molecular weight excluding hydrogens is 394 g/mol. The monoisotopic (exact) mass is 411 g/mol. The average Bonchev–Trinajstić information content (AvgIpc) is 3.36. The number of nitrogens with zero attached hydrogens (tertiary/aromatic N) is 5. The molecule has 6 nitrogen and oxygen atoms in total. The molecule has 0 aliphatic carbocycles. The fourth-order valence-corrected chi connectivity index (χ4v) is 4.05. The SMILES string of the molecule is CCn1ccc(C(=O)N(Cc2ccccn2)c2nc3c(C)c(Cl)ccc3s2)n1. The molecule has 0 aliphatic rings. The van der Waals surface area contributed by atoms with Gasteiger partial charge in [0.25, 0.3) is 5.91 Å².